The normalized spacial score (nSPS) is 12.8. The standard InChI is InChI=1S/C10H19O3/c1-9(10(12)13)7-5-3-2-4-6-8-11/h9,11H,1-8H2,(H,12,13). The van der Waals surface area contributed by atoms with Gasteiger partial charge in [0, 0.05) is 6.61 Å². The highest BCUT2D eigenvalue weighted by Gasteiger charge is 2.09. The van der Waals surface area contributed by atoms with Gasteiger partial charge in [0.15, 0.2) is 0 Å². The Kier molecular flexibility index (Phi) is 7.69. The molecule has 3 heteroatoms. The van der Waals surface area contributed by atoms with E-state index in [2.05, 4.69) is 6.92 Å². The number of hydrogen-bond acceptors (Lipinski definition) is 2. The Balaban J connectivity index is 3.11. The molecule has 0 aromatic rings. The molecule has 0 saturated heterocycles. The van der Waals surface area contributed by atoms with Crippen molar-refractivity contribution < 1.29 is 15.0 Å². The largest absolute Gasteiger partial charge is 0.481 e. The van der Waals surface area contributed by atoms with Crippen LogP contribution in [0, 0.1) is 12.8 Å². The monoisotopic (exact) mass is 187 g/mol. The van der Waals surface area contributed by atoms with Crippen LogP contribution in [0.3, 0.4) is 0 Å². The molecular formula is C10H19O3. The summed E-state index contributed by atoms with van der Waals surface area (Å²) in [4.78, 5) is 10.4. The van der Waals surface area contributed by atoms with E-state index in [1.165, 1.54) is 0 Å². The summed E-state index contributed by atoms with van der Waals surface area (Å²) < 4.78 is 0. The maximum Gasteiger partial charge on any atom is 0.306 e. The number of aliphatic hydroxyl groups is 1. The van der Waals surface area contributed by atoms with Crippen molar-refractivity contribution in [3.05, 3.63) is 6.92 Å². The van der Waals surface area contributed by atoms with Crippen LogP contribution in [0.15, 0.2) is 0 Å². The summed E-state index contributed by atoms with van der Waals surface area (Å²) in [5.74, 6) is -1.27. The Labute approximate surface area is 79.8 Å². The maximum atomic E-state index is 10.4. The zero-order valence-corrected chi connectivity index (χ0v) is 8.04. The van der Waals surface area contributed by atoms with Crippen LogP contribution in [-0.2, 0) is 4.79 Å². The second-order valence-corrected chi connectivity index (χ2v) is 3.32. The molecule has 2 N–H and O–H groups in total. The highest BCUT2D eigenvalue weighted by Crippen LogP contribution is 2.10. The molecule has 77 valence electrons. The fourth-order valence-electron chi connectivity index (χ4n) is 1.16. The molecule has 1 unspecified atom stereocenters. The highest BCUT2D eigenvalue weighted by atomic mass is 16.4. The second kappa shape index (κ2) is 8.05. The van der Waals surface area contributed by atoms with Gasteiger partial charge in [0.2, 0.25) is 0 Å². The van der Waals surface area contributed by atoms with E-state index in [-0.39, 0.29) is 6.61 Å². The van der Waals surface area contributed by atoms with Crippen LogP contribution in [0.4, 0.5) is 0 Å². The third kappa shape index (κ3) is 7.78. The van der Waals surface area contributed by atoms with E-state index in [9.17, 15) is 4.79 Å². The number of rotatable bonds is 8. The van der Waals surface area contributed by atoms with Crippen molar-refractivity contribution in [1.82, 2.24) is 0 Å². The molecule has 0 aromatic carbocycles. The summed E-state index contributed by atoms with van der Waals surface area (Å²) in [6.07, 6.45) is 5.59. The summed E-state index contributed by atoms with van der Waals surface area (Å²) >= 11 is 0. The quantitative estimate of drug-likeness (QED) is 0.570. The van der Waals surface area contributed by atoms with Crippen molar-refractivity contribution in [2.24, 2.45) is 5.92 Å². The van der Waals surface area contributed by atoms with Crippen LogP contribution in [0.25, 0.3) is 0 Å². The number of hydrogen-bond donors (Lipinski definition) is 2. The summed E-state index contributed by atoms with van der Waals surface area (Å²) in [5.41, 5.74) is 0. The number of aliphatic hydroxyl groups excluding tert-OH is 1. The Morgan fingerprint density at radius 1 is 1.15 bits per heavy atom. The topological polar surface area (TPSA) is 57.5 Å². The molecule has 0 amide bonds. The Morgan fingerprint density at radius 3 is 2.23 bits per heavy atom. The lowest BCUT2D eigenvalue weighted by atomic mass is 10.0. The molecule has 1 radical (unpaired) electrons. The molecule has 0 bridgehead atoms. The van der Waals surface area contributed by atoms with Crippen molar-refractivity contribution in [3.8, 4) is 0 Å². The van der Waals surface area contributed by atoms with Gasteiger partial charge in [-0.15, -0.1) is 0 Å². The van der Waals surface area contributed by atoms with E-state index in [1.54, 1.807) is 0 Å². The van der Waals surface area contributed by atoms with Gasteiger partial charge in [0.25, 0.3) is 0 Å². The molecule has 0 rings (SSSR count). The first kappa shape index (κ1) is 12.4. The molecule has 13 heavy (non-hydrogen) atoms. The van der Waals surface area contributed by atoms with Crippen LogP contribution < -0.4 is 0 Å². The van der Waals surface area contributed by atoms with Gasteiger partial charge in [-0.05, 0) is 19.8 Å². The molecule has 0 heterocycles. The molecule has 3 nitrogen and oxygen atoms in total. The van der Waals surface area contributed by atoms with Gasteiger partial charge in [-0.2, -0.15) is 0 Å². The van der Waals surface area contributed by atoms with Crippen LogP contribution >= 0.6 is 0 Å². The average Bonchev–Trinajstić information content (AvgIpc) is 2.10. The highest BCUT2D eigenvalue weighted by molar-refractivity contribution is 5.70. The molecule has 0 aromatic heterocycles. The molecule has 0 aliphatic rings. The first-order valence-corrected chi connectivity index (χ1v) is 4.85. The lowest BCUT2D eigenvalue weighted by Crippen LogP contribution is -2.09. The number of carboxylic acids is 1. The number of unbranched alkanes of at least 4 members (excludes halogenated alkanes) is 4. The third-order valence-electron chi connectivity index (χ3n) is 2.06. The summed E-state index contributed by atoms with van der Waals surface area (Å²) in [5, 5.41) is 17.0. The van der Waals surface area contributed by atoms with E-state index in [1.807, 2.05) is 0 Å². The molecule has 0 spiro atoms. The fraction of sp³-hybridized carbons (Fsp3) is 0.800. The lowest BCUT2D eigenvalue weighted by molar-refractivity contribution is -0.140. The molecule has 1 atom stereocenters. The molecule has 0 fully saturated rings. The van der Waals surface area contributed by atoms with Crippen molar-refractivity contribution in [2.75, 3.05) is 6.61 Å². The van der Waals surface area contributed by atoms with Crippen LogP contribution in [0.1, 0.15) is 38.5 Å². The van der Waals surface area contributed by atoms with E-state index in [0.29, 0.717) is 6.42 Å². The SMILES string of the molecule is [CH2]C(CCCCCCCO)C(=O)O. The number of aliphatic carboxylic acids is 1. The Hall–Kier alpha value is -0.570. The summed E-state index contributed by atoms with van der Waals surface area (Å²) in [6.45, 7) is 3.79. The minimum Gasteiger partial charge on any atom is -0.481 e. The van der Waals surface area contributed by atoms with Crippen molar-refractivity contribution >= 4 is 5.97 Å². The van der Waals surface area contributed by atoms with Gasteiger partial charge in [-0.25, -0.2) is 0 Å². The number of carboxylic acid groups (broad SMARTS) is 1. The van der Waals surface area contributed by atoms with E-state index in [0.717, 1.165) is 32.1 Å². The van der Waals surface area contributed by atoms with E-state index < -0.39 is 11.9 Å². The minimum atomic E-state index is -0.810. The van der Waals surface area contributed by atoms with Crippen molar-refractivity contribution in [1.29, 1.82) is 0 Å². The zero-order valence-electron chi connectivity index (χ0n) is 8.04. The zero-order chi connectivity index (χ0) is 10.1. The molecule has 0 aliphatic carbocycles. The van der Waals surface area contributed by atoms with Crippen molar-refractivity contribution in [2.45, 2.75) is 38.5 Å². The van der Waals surface area contributed by atoms with Crippen LogP contribution in [0.2, 0.25) is 0 Å². The van der Waals surface area contributed by atoms with Gasteiger partial charge in [-0.3, -0.25) is 4.79 Å². The molecule has 0 aliphatic heterocycles. The number of carbonyl (C=O) groups is 1. The van der Waals surface area contributed by atoms with Crippen LogP contribution in [-0.4, -0.2) is 22.8 Å². The third-order valence-corrected chi connectivity index (χ3v) is 2.06. The Bertz CT molecular complexity index is 134. The lowest BCUT2D eigenvalue weighted by Gasteiger charge is -2.04. The van der Waals surface area contributed by atoms with Gasteiger partial charge in [-0.1, -0.05) is 25.7 Å². The summed E-state index contributed by atoms with van der Waals surface area (Å²) in [6, 6.07) is 0. The van der Waals surface area contributed by atoms with Gasteiger partial charge < -0.3 is 10.2 Å². The maximum absolute atomic E-state index is 10.4. The predicted octanol–water partition coefficient (Wildman–Crippen LogP) is 1.85. The summed E-state index contributed by atoms with van der Waals surface area (Å²) in [7, 11) is 0. The fourth-order valence-corrected chi connectivity index (χ4v) is 1.16. The first-order chi connectivity index (χ1) is 6.18. The smallest absolute Gasteiger partial charge is 0.306 e. The van der Waals surface area contributed by atoms with E-state index >= 15 is 0 Å². The molecular weight excluding hydrogens is 168 g/mol. The molecule has 0 saturated carbocycles. The van der Waals surface area contributed by atoms with Crippen molar-refractivity contribution in [3.63, 3.8) is 0 Å². The van der Waals surface area contributed by atoms with Gasteiger partial charge in [0.1, 0.15) is 0 Å². The van der Waals surface area contributed by atoms with Crippen LogP contribution in [0.5, 0.6) is 0 Å². The second-order valence-electron chi connectivity index (χ2n) is 3.32. The predicted molar refractivity (Wildman–Crippen MR) is 51.3 cm³/mol. The minimum absolute atomic E-state index is 0.257. The first-order valence-electron chi connectivity index (χ1n) is 4.85. The Morgan fingerprint density at radius 2 is 1.69 bits per heavy atom. The van der Waals surface area contributed by atoms with Gasteiger partial charge in [0.05, 0.1) is 5.92 Å². The van der Waals surface area contributed by atoms with E-state index in [4.69, 9.17) is 10.2 Å². The average molecular weight is 187 g/mol. The van der Waals surface area contributed by atoms with Gasteiger partial charge >= 0.3 is 5.97 Å².